The number of aryl methyl sites for hydroxylation is 1. The van der Waals surface area contributed by atoms with Crippen LogP contribution in [0.25, 0.3) is 10.8 Å². The van der Waals surface area contributed by atoms with Gasteiger partial charge in [-0.25, -0.2) is 18.1 Å². The minimum atomic E-state index is -3.36. The molecule has 24 heavy (non-hydrogen) atoms. The molecule has 126 valence electrons. The van der Waals surface area contributed by atoms with Gasteiger partial charge < -0.3 is 4.42 Å². The van der Waals surface area contributed by atoms with Crippen LogP contribution in [0.4, 0.5) is 0 Å². The summed E-state index contributed by atoms with van der Waals surface area (Å²) in [5.74, 6) is 1.29. The van der Waals surface area contributed by atoms with Crippen LogP contribution in [0.5, 0.6) is 0 Å². The fourth-order valence-electron chi connectivity index (χ4n) is 2.34. The Balaban J connectivity index is 1.58. The van der Waals surface area contributed by atoms with Crippen LogP contribution in [0.15, 0.2) is 52.3 Å². The molecule has 1 aromatic carbocycles. The zero-order chi connectivity index (χ0) is 17.0. The highest BCUT2D eigenvalue weighted by Gasteiger charge is 2.14. The zero-order valence-electron chi connectivity index (χ0n) is 13.2. The van der Waals surface area contributed by atoms with Crippen LogP contribution in [0.1, 0.15) is 17.0 Å². The van der Waals surface area contributed by atoms with Gasteiger partial charge in [0.25, 0.3) is 0 Å². The molecule has 1 N–H and O–H groups in total. The van der Waals surface area contributed by atoms with E-state index in [1.165, 1.54) is 0 Å². The maximum atomic E-state index is 12.1. The highest BCUT2D eigenvalue weighted by Crippen LogP contribution is 2.25. The van der Waals surface area contributed by atoms with E-state index >= 15 is 0 Å². The first-order valence-corrected chi connectivity index (χ1v) is 10.1. The minimum absolute atomic E-state index is 0.0217. The molecule has 2 heterocycles. The van der Waals surface area contributed by atoms with Crippen LogP contribution in [0.3, 0.4) is 0 Å². The zero-order valence-corrected chi connectivity index (χ0v) is 14.9. The summed E-state index contributed by atoms with van der Waals surface area (Å²) in [6.07, 6.45) is 0.495. The van der Waals surface area contributed by atoms with Crippen molar-refractivity contribution in [3.63, 3.8) is 0 Å². The molecule has 0 aliphatic heterocycles. The van der Waals surface area contributed by atoms with Gasteiger partial charge in [-0.2, -0.15) is 0 Å². The summed E-state index contributed by atoms with van der Waals surface area (Å²) in [5.41, 5.74) is 1.54. The molecule has 2 aromatic heterocycles. The van der Waals surface area contributed by atoms with Gasteiger partial charge in [0.15, 0.2) is 0 Å². The highest BCUT2D eigenvalue weighted by molar-refractivity contribution is 7.88. The lowest BCUT2D eigenvalue weighted by molar-refractivity contribution is 0.539. The van der Waals surface area contributed by atoms with Gasteiger partial charge in [0.1, 0.15) is 5.76 Å². The third kappa shape index (κ3) is 4.31. The van der Waals surface area contributed by atoms with Crippen molar-refractivity contribution < 1.29 is 12.8 Å². The lowest BCUT2D eigenvalue weighted by atomic mass is 10.2. The molecule has 0 fully saturated rings. The van der Waals surface area contributed by atoms with Gasteiger partial charge in [-0.3, -0.25) is 0 Å². The molecule has 3 aromatic rings. The molecule has 0 atom stereocenters. The van der Waals surface area contributed by atoms with E-state index in [0.29, 0.717) is 18.9 Å². The molecule has 0 aliphatic rings. The average Bonchev–Trinajstić information content (AvgIpc) is 3.18. The van der Waals surface area contributed by atoms with E-state index in [-0.39, 0.29) is 5.75 Å². The predicted octanol–water partition coefficient (Wildman–Crippen LogP) is 3.37. The lowest BCUT2D eigenvalue weighted by Crippen LogP contribution is -2.27. The highest BCUT2D eigenvalue weighted by atomic mass is 32.2. The maximum absolute atomic E-state index is 12.1. The van der Waals surface area contributed by atoms with Crippen molar-refractivity contribution in [2.45, 2.75) is 19.1 Å². The summed E-state index contributed by atoms with van der Waals surface area (Å²) >= 11 is 1.56. The third-order valence-electron chi connectivity index (χ3n) is 3.51. The first-order chi connectivity index (χ1) is 11.5. The quantitative estimate of drug-likeness (QED) is 0.699. The summed E-state index contributed by atoms with van der Waals surface area (Å²) in [6, 6.07) is 13.0. The van der Waals surface area contributed by atoms with E-state index in [4.69, 9.17) is 4.42 Å². The van der Waals surface area contributed by atoms with Crippen molar-refractivity contribution in [1.29, 1.82) is 0 Å². The Morgan fingerprint density at radius 1 is 1.17 bits per heavy atom. The van der Waals surface area contributed by atoms with Crippen molar-refractivity contribution in [2.24, 2.45) is 0 Å². The molecule has 3 rings (SSSR count). The van der Waals surface area contributed by atoms with Crippen molar-refractivity contribution in [2.75, 3.05) is 6.54 Å². The van der Waals surface area contributed by atoms with Crippen molar-refractivity contribution in [3.05, 3.63) is 64.9 Å². The number of aromatic nitrogens is 1. The second kappa shape index (κ2) is 7.29. The summed E-state index contributed by atoms with van der Waals surface area (Å²) in [7, 11) is -3.36. The topological polar surface area (TPSA) is 72.2 Å². The van der Waals surface area contributed by atoms with Crippen molar-refractivity contribution >= 4 is 21.4 Å². The van der Waals surface area contributed by atoms with Gasteiger partial charge in [0, 0.05) is 13.0 Å². The smallest absolute Gasteiger partial charge is 0.236 e. The molecule has 0 saturated carbocycles. The molecule has 5 nitrogen and oxygen atoms in total. The Hall–Kier alpha value is -1.96. The Morgan fingerprint density at radius 2 is 1.96 bits per heavy atom. The van der Waals surface area contributed by atoms with Gasteiger partial charge in [-0.1, -0.05) is 36.4 Å². The lowest BCUT2D eigenvalue weighted by Gasteiger charge is -2.06. The van der Waals surface area contributed by atoms with Crippen molar-refractivity contribution in [3.8, 4) is 10.8 Å². The second-order valence-corrected chi connectivity index (χ2v) is 8.14. The molecular formula is C17H18N2O3S2. The SMILES string of the molecule is Cc1oc(-c2cccs2)nc1CCNS(=O)(=O)Cc1ccccc1. The molecule has 0 radical (unpaired) electrons. The summed E-state index contributed by atoms with van der Waals surface area (Å²) in [6.45, 7) is 2.14. The largest absolute Gasteiger partial charge is 0.440 e. The number of oxazole rings is 1. The number of sulfonamides is 1. The van der Waals surface area contributed by atoms with Gasteiger partial charge >= 0.3 is 0 Å². The molecule has 0 aliphatic carbocycles. The predicted molar refractivity (Wildman–Crippen MR) is 95.3 cm³/mol. The van der Waals surface area contributed by atoms with Gasteiger partial charge in [0.2, 0.25) is 15.9 Å². The maximum Gasteiger partial charge on any atom is 0.236 e. The van der Waals surface area contributed by atoms with Gasteiger partial charge in [0.05, 0.1) is 16.3 Å². The summed E-state index contributed by atoms with van der Waals surface area (Å²) in [5, 5.41) is 1.96. The molecular weight excluding hydrogens is 344 g/mol. The van der Waals surface area contributed by atoms with Crippen LogP contribution >= 0.6 is 11.3 Å². The minimum Gasteiger partial charge on any atom is -0.440 e. The number of nitrogens with zero attached hydrogens (tertiary/aromatic N) is 1. The monoisotopic (exact) mass is 362 g/mol. The molecule has 0 saturated heterocycles. The third-order valence-corrected chi connectivity index (χ3v) is 5.72. The first kappa shape index (κ1) is 16.9. The Kier molecular flexibility index (Phi) is 5.13. The van der Waals surface area contributed by atoms with Gasteiger partial charge in [-0.15, -0.1) is 11.3 Å². The van der Waals surface area contributed by atoms with Crippen LogP contribution in [0.2, 0.25) is 0 Å². The number of hydrogen-bond acceptors (Lipinski definition) is 5. The molecule has 0 unspecified atom stereocenters. The van der Waals surface area contributed by atoms with Crippen LogP contribution in [-0.2, 0) is 22.2 Å². The van der Waals surface area contributed by atoms with Crippen LogP contribution in [-0.4, -0.2) is 19.9 Å². The number of nitrogens with one attached hydrogen (secondary N) is 1. The number of benzene rings is 1. The molecule has 0 spiro atoms. The molecule has 0 amide bonds. The normalized spacial score (nSPS) is 11.7. The first-order valence-electron chi connectivity index (χ1n) is 7.55. The average molecular weight is 362 g/mol. The fourth-order valence-corrected chi connectivity index (χ4v) is 4.13. The Morgan fingerprint density at radius 3 is 2.67 bits per heavy atom. The number of hydrogen-bond donors (Lipinski definition) is 1. The van der Waals surface area contributed by atoms with Crippen LogP contribution in [0, 0.1) is 6.92 Å². The van der Waals surface area contributed by atoms with E-state index in [0.717, 1.165) is 21.9 Å². The summed E-state index contributed by atoms with van der Waals surface area (Å²) < 4.78 is 32.5. The summed E-state index contributed by atoms with van der Waals surface area (Å²) in [4.78, 5) is 5.43. The molecule has 7 heteroatoms. The van der Waals surface area contributed by atoms with E-state index in [1.807, 2.05) is 42.6 Å². The fraction of sp³-hybridized carbons (Fsp3) is 0.235. The van der Waals surface area contributed by atoms with E-state index in [2.05, 4.69) is 9.71 Å². The van der Waals surface area contributed by atoms with E-state index in [9.17, 15) is 8.42 Å². The standard InChI is InChI=1S/C17H18N2O3S2/c1-13-15(19-17(22-13)16-8-5-11-23-16)9-10-18-24(20,21)12-14-6-3-2-4-7-14/h2-8,11,18H,9-10,12H2,1H3. The van der Waals surface area contributed by atoms with E-state index < -0.39 is 10.0 Å². The molecule has 0 bridgehead atoms. The Bertz CT molecular complexity index is 885. The van der Waals surface area contributed by atoms with Crippen LogP contribution < -0.4 is 4.72 Å². The number of rotatable bonds is 7. The number of thiophene rings is 1. The van der Waals surface area contributed by atoms with Gasteiger partial charge in [-0.05, 0) is 23.9 Å². The van der Waals surface area contributed by atoms with Crippen molar-refractivity contribution in [1.82, 2.24) is 9.71 Å². The second-order valence-electron chi connectivity index (χ2n) is 5.39. The Labute approximate surface area is 145 Å². The van der Waals surface area contributed by atoms with E-state index in [1.54, 1.807) is 23.5 Å².